The van der Waals surface area contributed by atoms with Crippen LogP contribution < -0.4 is 5.32 Å². The van der Waals surface area contributed by atoms with Gasteiger partial charge in [-0.25, -0.2) is 4.98 Å². The van der Waals surface area contributed by atoms with Crippen LogP contribution in [0.3, 0.4) is 0 Å². The molecule has 2 N–H and O–H groups in total. The molecule has 156 valence electrons. The summed E-state index contributed by atoms with van der Waals surface area (Å²) >= 11 is 1.75. The van der Waals surface area contributed by atoms with Crippen LogP contribution in [-0.4, -0.2) is 60.4 Å². The molecular weight excluding hydrogens is 374 g/mol. The number of hydrogen-bond donors (Lipinski definition) is 2. The van der Waals surface area contributed by atoms with E-state index in [9.17, 15) is 9.90 Å². The lowest BCUT2D eigenvalue weighted by Crippen LogP contribution is -2.54. The molecule has 4 rings (SSSR count). The first kappa shape index (κ1) is 20.1. The minimum atomic E-state index is -0.471. The summed E-state index contributed by atoms with van der Waals surface area (Å²) in [5, 5.41) is 15.6. The number of thiazole rings is 1. The maximum Gasteiger partial charge on any atom is 0.225 e. The first-order chi connectivity index (χ1) is 13.4. The van der Waals surface area contributed by atoms with Crippen molar-refractivity contribution >= 4 is 22.4 Å². The number of morpholine rings is 1. The first-order valence-electron chi connectivity index (χ1n) is 10.6. The molecule has 1 aromatic heterocycles. The summed E-state index contributed by atoms with van der Waals surface area (Å²) in [5.41, 5.74) is 1.21. The normalized spacial score (nSPS) is 36.4. The molecule has 7 heteroatoms. The summed E-state index contributed by atoms with van der Waals surface area (Å²) < 4.78 is 5.38. The van der Waals surface area contributed by atoms with Gasteiger partial charge in [0.15, 0.2) is 5.13 Å². The molecule has 2 heterocycles. The predicted octanol–water partition coefficient (Wildman–Crippen LogP) is 2.73. The molecule has 0 aromatic carbocycles. The van der Waals surface area contributed by atoms with Gasteiger partial charge in [0.1, 0.15) is 0 Å². The maximum atomic E-state index is 13.0. The van der Waals surface area contributed by atoms with Crippen LogP contribution in [0, 0.1) is 23.2 Å². The highest BCUT2D eigenvalue weighted by Gasteiger charge is 2.54. The zero-order chi connectivity index (χ0) is 20.1. The van der Waals surface area contributed by atoms with Gasteiger partial charge in [-0.3, -0.25) is 4.79 Å². The van der Waals surface area contributed by atoms with Gasteiger partial charge in [-0.2, -0.15) is 0 Å². The Hall–Kier alpha value is -1.18. The average molecular weight is 408 g/mol. The molecule has 1 amide bonds. The van der Waals surface area contributed by atoms with Crippen molar-refractivity contribution in [2.75, 3.05) is 38.7 Å². The van der Waals surface area contributed by atoms with Crippen molar-refractivity contribution < 1.29 is 14.6 Å². The second-order valence-electron chi connectivity index (χ2n) is 9.14. The number of anilines is 1. The van der Waals surface area contributed by atoms with Crippen LogP contribution >= 0.6 is 11.3 Å². The number of carbonyl (C=O) groups excluding carboxylic acids is 1. The highest BCUT2D eigenvalue weighted by Crippen LogP contribution is 2.57. The van der Waals surface area contributed by atoms with E-state index in [1.807, 2.05) is 18.9 Å². The van der Waals surface area contributed by atoms with E-state index in [1.165, 1.54) is 4.88 Å². The summed E-state index contributed by atoms with van der Waals surface area (Å²) in [5.74, 6) is 0.377. The van der Waals surface area contributed by atoms with Gasteiger partial charge in [-0.1, -0.05) is 20.8 Å². The Bertz CT molecular complexity index is 732. The molecule has 0 spiro atoms. The molecule has 0 bridgehead atoms. The summed E-state index contributed by atoms with van der Waals surface area (Å²) in [4.78, 5) is 21.1. The molecule has 28 heavy (non-hydrogen) atoms. The van der Waals surface area contributed by atoms with E-state index in [4.69, 9.17) is 9.72 Å². The van der Waals surface area contributed by atoms with Crippen molar-refractivity contribution in [1.29, 1.82) is 0 Å². The fourth-order valence-electron chi connectivity index (χ4n) is 5.91. The van der Waals surface area contributed by atoms with Crippen LogP contribution in [-0.2, 0) is 16.0 Å². The number of nitrogens with zero attached hydrogens (tertiary/aromatic N) is 2. The second-order valence-corrected chi connectivity index (χ2v) is 10.2. The first-order valence-corrected chi connectivity index (χ1v) is 11.4. The highest BCUT2D eigenvalue weighted by molar-refractivity contribution is 7.15. The topological polar surface area (TPSA) is 74.7 Å². The third kappa shape index (κ3) is 3.25. The van der Waals surface area contributed by atoms with Crippen LogP contribution in [0.25, 0.3) is 0 Å². The van der Waals surface area contributed by atoms with E-state index < -0.39 is 6.10 Å². The summed E-state index contributed by atoms with van der Waals surface area (Å²) in [6, 6.07) is 0. The quantitative estimate of drug-likeness (QED) is 0.806. The van der Waals surface area contributed by atoms with E-state index in [-0.39, 0.29) is 35.0 Å². The van der Waals surface area contributed by atoms with Gasteiger partial charge in [0, 0.05) is 36.9 Å². The molecule has 2 fully saturated rings. The van der Waals surface area contributed by atoms with Crippen molar-refractivity contribution in [2.45, 2.75) is 52.1 Å². The number of amides is 1. The number of ether oxygens (including phenoxy) is 1. The van der Waals surface area contributed by atoms with E-state index >= 15 is 0 Å². The van der Waals surface area contributed by atoms with Crippen molar-refractivity contribution in [3.05, 3.63) is 10.6 Å². The summed E-state index contributed by atoms with van der Waals surface area (Å²) in [7, 11) is 1.91. The standard InChI is InChI=1S/C21H33N3O3S/c1-12(19(26)24-7-9-27-10-8-24)14-5-6-21(3)11-15-17(23-20(22-4)28-15)13(2)16(21)18(14)25/h12-14,16,18,25H,5-11H2,1-4H3,(H,22,23)/t12-,13+,14+,16+,18-,21+/m0/s1. The van der Waals surface area contributed by atoms with Crippen LogP contribution in [0.15, 0.2) is 0 Å². The number of hydrogen-bond acceptors (Lipinski definition) is 6. The highest BCUT2D eigenvalue weighted by atomic mass is 32.1. The van der Waals surface area contributed by atoms with Gasteiger partial charge < -0.3 is 20.1 Å². The van der Waals surface area contributed by atoms with Gasteiger partial charge in [-0.05, 0) is 36.5 Å². The van der Waals surface area contributed by atoms with Gasteiger partial charge in [0.2, 0.25) is 5.91 Å². The Balaban J connectivity index is 1.56. The fraction of sp³-hybridized carbons (Fsp3) is 0.810. The number of fused-ring (bicyclic) bond motifs is 2. The molecule has 0 radical (unpaired) electrons. The third-order valence-corrected chi connectivity index (χ3v) is 8.58. The molecular formula is C21H33N3O3S. The van der Waals surface area contributed by atoms with Crippen molar-refractivity contribution in [2.24, 2.45) is 23.2 Å². The van der Waals surface area contributed by atoms with Crippen LogP contribution in [0.4, 0.5) is 5.13 Å². The maximum absolute atomic E-state index is 13.0. The number of nitrogens with one attached hydrogen (secondary N) is 1. The SMILES string of the molecule is CNc1nc2c(s1)C[C@@]1(C)CC[C@H]([C@H](C)C(=O)N3CCOCC3)[C@H](O)[C@H]1[C@H]2C. The van der Waals surface area contributed by atoms with Gasteiger partial charge in [-0.15, -0.1) is 11.3 Å². The molecule has 3 aliphatic rings. The molecule has 1 aromatic rings. The minimum Gasteiger partial charge on any atom is -0.392 e. The van der Waals surface area contributed by atoms with Gasteiger partial charge >= 0.3 is 0 Å². The lowest BCUT2D eigenvalue weighted by Gasteiger charge is -2.53. The fourth-order valence-corrected chi connectivity index (χ4v) is 7.13. The zero-order valence-corrected chi connectivity index (χ0v) is 18.2. The average Bonchev–Trinajstić information content (AvgIpc) is 3.10. The van der Waals surface area contributed by atoms with Crippen LogP contribution in [0.1, 0.15) is 50.1 Å². The largest absolute Gasteiger partial charge is 0.392 e. The third-order valence-electron chi connectivity index (χ3n) is 7.49. The lowest BCUT2D eigenvalue weighted by atomic mass is 9.53. The molecule has 1 aliphatic heterocycles. The Morgan fingerprint density at radius 3 is 2.82 bits per heavy atom. The second kappa shape index (κ2) is 7.58. The number of aromatic nitrogens is 1. The van der Waals surface area contributed by atoms with E-state index in [1.54, 1.807) is 11.3 Å². The Kier molecular flexibility index (Phi) is 5.44. The van der Waals surface area contributed by atoms with Gasteiger partial charge in [0.05, 0.1) is 25.0 Å². The zero-order valence-electron chi connectivity index (χ0n) is 17.4. The van der Waals surface area contributed by atoms with E-state index in [0.29, 0.717) is 26.3 Å². The molecule has 1 saturated carbocycles. The lowest BCUT2D eigenvalue weighted by molar-refractivity contribution is -0.148. The van der Waals surface area contributed by atoms with Crippen LogP contribution in [0.5, 0.6) is 0 Å². The molecule has 6 atom stereocenters. The number of carbonyl (C=O) groups is 1. The molecule has 6 nitrogen and oxygen atoms in total. The minimum absolute atomic E-state index is 0.0137. The Labute approximate surface area is 171 Å². The number of aliphatic hydroxyl groups excluding tert-OH is 1. The summed E-state index contributed by atoms with van der Waals surface area (Å²) in [6.45, 7) is 9.10. The summed E-state index contributed by atoms with van der Waals surface area (Å²) in [6.07, 6.45) is 2.47. The van der Waals surface area contributed by atoms with Crippen molar-refractivity contribution in [3.8, 4) is 0 Å². The van der Waals surface area contributed by atoms with E-state index in [2.05, 4.69) is 19.2 Å². The Morgan fingerprint density at radius 1 is 1.43 bits per heavy atom. The monoisotopic (exact) mass is 407 g/mol. The van der Waals surface area contributed by atoms with E-state index in [0.717, 1.165) is 30.1 Å². The number of aliphatic hydroxyl groups is 1. The molecule has 1 saturated heterocycles. The van der Waals surface area contributed by atoms with Crippen molar-refractivity contribution in [3.63, 3.8) is 0 Å². The molecule has 0 unspecified atom stereocenters. The van der Waals surface area contributed by atoms with Crippen LogP contribution in [0.2, 0.25) is 0 Å². The number of rotatable bonds is 3. The van der Waals surface area contributed by atoms with Crippen molar-refractivity contribution in [1.82, 2.24) is 9.88 Å². The predicted molar refractivity (Wildman–Crippen MR) is 111 cm³/mol. The Morgan fingerprint density at radius 2 is 2.14 bits per heavy atom. The van der Waals surface area contributed by atoms with Gasteiger partial charge in [0.25, 0.3) is 0 Å². The smallest absolute Gasteiger partial charge is 0.225 e. The molecule has 2 aliphatic carbocycles.